The third-order valence-electron chi connectivity index (χ3n) is 1.89. The van der Waals surface area contributed by atoms with E-state index in [1.54, 1.807) is 19.9 Å². The molecule has 0 aromatic heterocycles. The average molecular weight is 219 g/mol. The molecule has 3 heteroatoms. The quantitative estimate of drug-likeness (QED) is 0.392. The zero-order chi connectivity index (χ0) is 12.6. The Hall–Kier alpha value is -1.82. The van der Waals surface area contributed by atoms with E-state index in [9.17, 15) is 4.79 Å². The van der Waals surface area contributed by atoms with Crippen LogP contribution in [0, 0.1) is 16.7 Å². The fourth-order valence-electron chi connectivity index (χ4n) is 1.13. The van der Waals surface area contributed by atoms with Gasteiger partial charge in [-0.1, -0.05) is 30.9 Å². The van der Waals surface area contributed by atoms with Crippen molar-refractivity contribution in [2.24, 2.45) is 5.41 Å². The van der Waals surface area contributed by atoms with Crippen molar-refractivity contribution in [3.8, 4) is 6.07 Å². The molecule has 1 unspecified atom stereocenters. The number of allylic oxidation sites excluding steroid dienone is 3. The molecule has 0 aliphatic rings. The van der Waals surface area contributed by atoms with Crippen molar-refractivity contribution in [3.63, 3.8) is 0 Å². The first-order valence-electron chi connectivity index (χ1n) is 5.06. The third kappa shape index (κ3) is 3.74. The van der Waals surface area contributed by atoms with Crippen molar-refractivity contribution in [1.29, 1.82) is 5.26 Å². The molecule has 16 heavy (non-hydrogen) atoms. The fourth-order valence-corrected chi connectivity index (χ4v) is 1.13. The molecule has 0 fully saturated rings. The van der Waals surface area contributed by atoms with Gasteiger partial charge in [0.1, 0.15) is 0 Å². The summed E-state index contributed by atoms with van der Waals surface area (Å²) in [6.45, 7) is 10.5. The summed E-state index contributed by atoms with van der Waals surface area (Å²) in [4.78, 5) is 11.8. The molecule has 0 rings (SSSR count). The Morgan fingerprint density at radius 2 is 2.19 bits per heavy atom. The highest BCUT2D eigenvalue weighted by molar-refractivity contribution is 5.83. The van der Waals surface area contributed by atoms with Gasteiger partial charge >= 0.3 is 5.97 Å². The molecule has 3 nitrogen and oxygen atoms in total. The van der Waals surface area contributed by atoms with Gasteiger partial charge in [-0.3, -0.25) is 0 Å². The highest BCUT2D eigenvalue weighted by Gasteiger charge is 2.37. The van der Waals surface area contributed by atoms with Gasteiger partial charge in [-0.15, -0.1) is 6.58 Å². The number of nitrogens with zero attached hydrogens (tertiary/aromatic N) is 1. The molecule has 0 saturated heterocycles. The minimum atomic E-state index is -1.29. The molecule has 0 amide bonds. The van der Waals surface area contributed by atoms with Crippen molar-refractivity contribution < 1.29 is 9.53 Å². The smallest absolute Gasteiger partial charge is 0.331 e. The molecule has 0 spiro atoms. The minimum Gasteiger partial charge on any atom is -0.462 e. The van der Waals surface area contributed by atoms with Gasteiger partial charge in [0.05, 0.1) is 12.2 Å². The van der Waals surface area contributed by atoms with Crippen molar-refractivity contribution >= 4 is 5.97 Å². The molecule has 0 aromatic carbocycles. The first kappa shape index (κ1) is 14.2. The maximum atomic E-state index is 11.8. The second-order valence-electron chi connectivity index (χ2n) is 3.62. The Kier molecular flexibility index (Phi) is 5.87. The van der Waals surface area contributed by atoms with E-state index in [1.165, 1.54) is 18.2 Å². The highest BCUT2D eigenvalue weighted by atomic mass is 16.5. The van der Waals surface area contributed by atoms with Crippen LogP contribution >= 0.6 is 0 Å². The summed E-state index contributed by atoms with van der Waals surface area (Å²) >= 11 is 0. The van der Waals surface area contributed by atoms with E-state index < -0.39 is 11.4 Å². The van der Waals surface area contributed by atoms with Crippen LogP contribution < -0.4 is 0 Å². The summed E-state index contributed by atoms with van der Waals surface area (Å²) in [6.07, 6.45) is 6.07. The summed E-state index contributed by atoms with van der Waals surface area (Å²) in [5.41, 5.74) is -1.29. The topological polar surface area (TPSA) is 50.1 Å². The van der Waals surface area contributed by atoms with Crippen LogP contribution in [0.2, 0.25) is 0 Å². The van der Waals surface area contributed by atoms with Crippen LogP contribution in [0.15, 0.2) is 37.5 Å². The van der Waals surface area contributed by atoms with Crippen molar-refractivity contribution in [1.82, 2.24) is 0 Å². The molecule has 0 saturated carbocycles. The van der Waals surface area contributed by atoms with Gasteiger partial charge in [0.15, 0.2) is 5.41 Å². The second kappa shape index (κ2) is 6.62. The highest BCUT2D eigenvalue weighted by Crippen LogP contribution is 2.26. The first-order valence-corrected chi connectivity index (χ1v) is 5.06. The molecular formula is C13H17NO2. The number of carbonyl (C=O) groups is 1. The van der Waals surface area contributed by atoms with Crippen LogP contribution in [0.25, 0.3) is 0 Å². The van der Waals surface area contributed by atoms with E-state index in [1.807, 2.05) is 6.07 Å². The lowest BCUT2D eigenvalue weighted by Gasteiger charge is -2.20. The standard InChI is InChI=1S/C13H17NO2/c1-5-7-9-13(10-14,8-6-2)12(15)16-11(3)4/h5-7,9,11H,1-2,8H2,3-4H3/b9-7+. The average Bonchev–Trinajstić information content (AvgIpc) is 2.23. The Balaban J connectivity index is 5.11. The van der Waals surface area contributed by atoms with Crippen molar-refractivity contribution in [2.75, 3.05) is 0 Å². The summed E-state index contributed by atoms with van der Waals surface area (Å²) in [5.74, 6) is -0.553. The van der Waals surface area contributed by atoms with Gasteiger partial charge < -0.3 is 4.74 Å². The second-order valence-corrected chi connectivity index (χ2v) is 3.62. The molecule has 0 bridgehead atoms. The van der Waals surface area contributed by atoms with E-state index in [-0.39, 0.29) is 12.5 Å². The zero-order valence-corrected chi connectivity index (χ0v) is 9.77. The van der Waals surface area contributed by atoms with Crippen LogP contribution in [0.1, 0.15) is 20.3 Å². The lowest BCUT2D eigenvalue weighted by atomic mass is 9.85. The minimum absolute atomic E-state index is 0.222. The molecule has 86 valence electrons. The molecule has 0 radical (unpaired) electrons. The Bertz CT molecular complexity index is 336. The molecule has 0 aromatic rings. The number of carbonyl (C=O) groups excluding carboxylic acids is 1. The summed E-state index contributed by atoms with van der Waals surface area (Å²) in [7, 11) is 0. The van der Waals surface area contributed by atoms with E-state index in [4.69, 9.17) is 10.00 Å². The Morgan fingerprint density at radius 1 is 1.56 bits per heavy atom. The number of hydrogen-bond acceptors (Lipinski definition) is 3. The predicted molar refractivity (Wildman–Crippen MR) is 63.4 cm³/mol. The van der Waals surface area contributed by atoms with Gasteiger partial charge in [-0.2, -0.15) is 5.26 Å². The zero-order valence-electron chi connectivity index (χ0n) is 9.77. The predicted octanol–water partition coefficient (Wildman–Crippen LogP) is 2.77. The molecule has 0 aliphatic heterocycles. The van der Waals surface area contributed by atoms with Crippen molar-refractivity contribution in [2.45, 2.75) is 26.4 Å². The monoisotopic (exact) mass is 219 g/mol. The normalized spacial score (nSPS) is 14.1. The Labute approximate surface area is 96.7 Å². The van der Waals surface area contributed by atoms with E-state index in [0.717, 1.165) is 0 Å². The van der Waals surface area contributed by atoms with Gasteiger partial charge in [0.25, 0.3) is 0 Å². The van der Waals surface area contributed by atoms with E-state index >= 15 is 0 Å². The van der Waals surface area contributed by atoms with Crippen LogP contribution in [0.3, 0.4) is 0 Å². The maximum Gasteiger partial charge on any atom is 0.331 e. The van der Waals surface area contributed by atoms with Crippen LogP contribution in [0.4, 0.5) is 0 Å². The number of ether oxygens (including phenoxy) is 1. The summed E-state index contributed by atoms with van der Waals surface area (Å²) < 4.78 is 5.06. The lowest BCUT2D eigenvalue weighted by molar-refractivity contribution is -0.153. The van der Waals surface area contributed by atoms with Crippen LogP contribution in [-0.2, 0) is 9.53 Å². The molecule has 0 heterocycles. The van der Waals surface area contributed by atoms with Gasteiger partial charge in [-0.25, -0.2) is 4.79 Å². The van der Waals surface area contributed by atoms with Crippen LogP contribution in [0.5, 0.6) is 0 Å². The third-order valence-corrected chi connectivity index (χ3v) is 1.89. The maximum absolute atomic E-state index is 11.8. The number of rotatable bonds is 6. The van der Waals surface area contributed by atoms with Gasteiger partial charge in [0, 0.05) is 0 Å². The first-order chi connectivity index (χ1) is 7.52. The van der Waals surface area contributed by atoms with E-state index in [2.05, 4.69) is 13.2 Å². The fraction of sp³-hybridized carbons (Fsp3) is 0.385. The summed E-state index contributed by atoms with van der Waals surface area (Å²) in [5, 5.41) is 9.13. The summed E-state index contributed by atoms with van der Waals surface area (Å²) in [6, 6.07) is 1.98. The largest absolute Gasteiger partial charge is 0.462 e. The van der Waals surface area contributed by atoms with E-state index in [0.29, 0.717) is 0 Å². The lowest BCUT2D eigenvalue weighted by Crippen LogP contribution is -2.31. The van der Waals surface area contributed by atoms with Crippen LogP contribution in [-0.4, -0.2) is 12.1 Å². The SMILES string of the molecule is C=C/C=C/C(C#N)(CC=C)C(=O)OC(C)C. The van der Waals surface area contributed by atoms with Crippen molar-refractivity contribution in [3.05, 3.63) is 37.5 Å². The van der Waals surface area contributed by atoms with Gasteiger partial charge in [-0.05, 0) is 20.3 Å². The van der Waals surface area contributed by atoms with Gasteiger partial charge in [0.2, 0.25) is 0 Å². The number of esters is 1. The molecular weight excluding hydrogens is 202 g/mol. The number of hydrogen-bond donors (Lipinski definition) is 0. The Morgan fingerprint density at radius 3 is 2.56 bits per heavy atom. The molecule has 0 N–H and O–H groups in total. The molecule has 0 aliphatic carbocycles. The molecule has 1 atom stereocenters. The number of nitriles is 1.